The second-order valence-electron chi connectivity index (χ2n) is 7.95. The minimum absolute atomic E-state index is 0.130. The highest BCUT2D eigenvalue weighted by atomic mass is 16.6. The lowest BCUT2D eigenvalue weighted by Gasteiger charge is -2.26. The number of aromatic amines is 1. The van der Waals surface area contributed by atoms with Gasteiger partial charge in [0.05, 0.1) is 36.5 Å². The number of carbonyl (C=O) groups is 2. The van der Waals surface area contributed by atoms with Crippen LogP contribution in [-0.2, 0) is 11.3 Å². The highest BCUT2D eigenvalue weighted by Crippen LogP contribution is 2.38. The number of benzene rings is 1. The molecular weight excluding hydrogens is 440 g/mol. The molecule has 34 heavy (non-hydrogen) atoms. The third kappa shape index (κ3) is 5.04. The van der Waals surface area contributed by atoms with E-state index in [1.54, 1.807) is 25.3 Å². The quantitative estimate of drug-likeness (QED) is 0.225. The van der Waals surface area contributed by atoms with E-state index in [9.17, 15) is 24.8 Å². The van der Waals surface area contributed by atoms with E-state index in [0.29, 0.717) is 34.0 Å². The van der Waals surface area contributed by atoms with Crippen molar-refractivity contribution in [2.24, 2.45) is 0 Å². The molecule has 176 valence electrons. The maximum absolute atomic E-state index is 13.2. The van der Waals surface area contributed by atoms with E-state index >= 15 is 0 Å². The van der Waals surface area contributed by atoms with Crippen LogP contribution >= 0.6 is 0 Å². The molecule has 3 heterocycles. The van der Waals surface area contributed by atoms with Crippen LogP contribution in [0.3, 0.4) is 0 Å². The molecule has 2 aromatic heterocycles. The van der Waals surface area contributed by atoms with Crippen molar-refractivity contribution in [3.8, 4) is 11.3 Å². The maximum Gasteiger partial charge on any atom is 0.229 e. The summed E-state index contributed by atoms with van der Waals surface area (Å²) in [5, 5.41) is 26.5. The van der Waals surface area contributed by atoms with Crippen molar-refractivity contribution >= 4 is 28.9 Å². The van der Waals surface area contributed by atoms with Gasteiger partial charge in [0, 0.05) is 28.1 Å². The molecule has 1 aliphatic rings. The zero-order chi connectivity index (χ0) is 24.2. The fraction of sp³-hybridized carbons (Fsp3) is 0.261. The summed E-state index contributed by atoms with van der Waals surface area (Å²) in [5.74, 6) is -0.265. The summed E-state index contributed by atoms with van der Waals surface area (Å²) >= 11 is 0. The van der Waals surface area contributed by atoms with E-state index in [1.807, 2.05) is 30.3 Å². The molecule has 0 spiro atoms. The largest absolute Gasteiger partial charge is 0.374 e. The van der Waals surface area contributed by atoms with E-state index in [1.165, 1.54) is 4.90 Å². The second kappa shape index (κ2) is 9.71. The third-order valence-corrected chi connectivity index (χ3v) is 5.35. The lowest BCUT2D eigenvalue weighted by molar-refractivity contribution is -0.478. The van der Waals surface area contributed by atoms with Crippen molar-refractivity contribution in [2.75, 3.05) is 23.7 Å². The van der Waals surface area contributed by atoms with E-state index in [0.717, 1.165) is 5.69 Å². The molecule has 1 atom stereocenters. The van der Waals surface area contributed by atoms with Crippen LogP contribution < -0.4 is 10.6 Å². The summed E-state index contributed by atoms with van der Waals surface area (Å²) in [7, 11) is 0. The topological polar surface area (TPSA) is 153 Å². The van der Waals surface area contributed by atoms with Crippen molar-refractivity contribution in [1.82, 2.24) is 14.9 Å². The standard InChI is InChI=1S/C23H24N6O5/c1-14(30)25-19-11-15(7-9-24-19)22-23(26-16-5-3-2-4-6-16)21-17(27-22)12-28(13-18(21)31)20(32)8-10-29(33)34/h2-7,9,11,14,26-27,30H,8,10,12-13H2,1H3,(H,24,25). The molecule has 0 saturated heterocycles. The number of aromatic nitrogens is 2. The molecule has 1 aliphatic heterocycles. The Kier molecular flexibility index (Phi) is 6.55. The fourth-order valence-corrected chi connectivity index (χ4v) is 3.88. The molecule has 0 aliphatic carbocycles. The zero-order valence-electron chi connectivity index (χ0n) is 18.4. The Hall–Kier alpha value is -4.25. The maximum atomic E-state index is 13.2. The average molecular weight is 464 g/mol. The number of hydrogen-bond donors (Lipinski definition) is 4. The molecule has 1 amide bonds. The number of para-hydroxylation sites is 1. The van der Waals surface area contributed by atoms with Crippen LogP contribution in [0.25, 0.3) is 11.3 Å². The third-order valence-electron chi connectivity index (χ3n) is 5.35. The normalized spacial score (nSPS) is 13.8. The van der Waals surface area contributed by atoms with Crippen molar-refractivity contribution < 1.29 is 19.6 Å². The van der Waals surface area contributed by atoms with Crippen LogP contribution in [0, 0.1) is 10.1 Å². The number of nitrogens with zero attached hydrogens (tertiary/aromatic N) is 3. The Bertz CT molecular complexity index is 1220. The number of H-pyrrole nitrogens is 1. The van der Waals surface area contributed by atoms with E-state index in [4.69, 9.17) is 0 Å². The number of aliphatic hydroxyl groups is 1. The molecule has 0 saturated carbocycles. The van der Waals surface area contributed by atoms with Gasteiger partial charge in [0.2, 0.25) is 12.5 Å². The van der Waals surface area contributed by atoms with E-state index < -0.39 is 23.6 Å². The Labute approximate surface area is 195 Å². The molecule has 11 heteroatoms. The summed E-state index contributed by atoms with van der Waals surface area (Å²) < 4.78 is 0. The summed E-state index contributed by atoms with van der Waals surface area (Å²) in [5.41, 5.74) is 3.67. The van der Waals surface area contributed by atoms with E-state index in [-0.39, 0.29) is 25.3 Å². The first-order chi connectivity index (χ1) is 16.3. The summed E-state index contributed by atoms with van der Waals surface area (Å²) in [4.78, 5) is 44.5. The van der Waals surface area contributed by atoms with Gasteiger partial charge in [0.25, 0.3) is 0 Å². The van der Waals surface area contributed by atoms with Gasteiger partial charge < -0.3 is 25.6 Å². The first-order valence-corrected chi connectivity index (χ1v) is 10.7. The number of anilines is 3. The lowest BCUT2D eigenvalue weighted by Crippen LogP contribution is -2.40. The number of aliphatic hydroxyl groups excluding tert-OH is 1. The first-order valence-electron chi connectivity index (χ1n) is 10.7. The van der Waals surface area contributed by atoms with Crippen LogP contribution in [0.5, 0.6) is 0 Å². The minimum Gasteiger partial charge on any atom is -0.374 e. The Morgan fingerprint density at radius 3 is 2.76 bits per heavy atom. The summed E-state index contributed by atoms with van der Waals surface area (Å²) in [6, 6.07) is 12.9. The average Bonchev–Trinajstić information content (AvgIpc) is 3.16. The fourth-order valence-electron chi connectivity index (χ4n) is 3.88. The van der Waals surface area contributed by atoms with Gasteiger partial charge >= 0.3 is 0 Å². The molecule has 1 unspecified atom stereocenters. The summed E-state index contributed by atoms with van der Waals surface area (Å²) in [6.45, 7) is 1.07. The second-order valence-corrected chi connectivity index (χ2v) is 7.95. The smallest absolute Gasteiger partial charge is 0.229 e. The Balaban J connectivity index is 1.74. The zero-order valence-corrected chi connectivity index (χ0v) is 18.4. The Morgan fingerprint density at radius 2 is 2.06 bits per heavy atom. The summed E-state index contributed by atoms with van der Waals surface area (Å²) in [6.07, 6.45) is 0.514. The van der Waals surface area contributed by atoms with Gasteiger partial charge in [0.15, 0.2) is 5.78 Å². The van der Waals surface area contributed by atoms with Gasteiger partial charge in [-0.1, -0.05) is 18.2 Å². The SMILES string of the molecule is CC(O)Nc1cc(-c2[nH]c3c(c2Nc2ccccc2)C(=O)CN(C(=O)CC[N+](=O)[O-])C3)ccn1. The van der Waals surface area contributed by atoms with Crippen LogP contribution in [0.2, 0.25) is 0 Å². The number of carbonyl (C=O) groups excluding carboxylic acids is 2. The lowest BCUT2D eigenvalue weighted by atomic mass is 10.0. The van der Waals surface area contributed by atoms with Crippen LogP contribution in [0.1, 0.15) is 29.4 Å². The van der Waals surface area contributed by atoms with Gasteiger partial charge in [0.1, 0.15) is 12.0 Å². The number of hydrogen-bond acceptors (Lipinski definition) is 8. The first kappa shape index (κ1) is 22.9. The van der Waals surface area contributed by atoms with Crippen molar-refractivity contribution in [2.45, 2.75) is 26.1 Å². The van der Waals surface area contributed by atoms with Crippen molar-refractivity contribution in [1.29, 1.82) is 0 Å². The number of pyridine rings is 1. The number of fused-ring (bicyclic) bond motifs is 1. The number of nitrogens with one attached hydrogen (secondary N) is 3. The molecule has 1 aromatic carbocycles. The molecule has 4 rings (SSSR count). The van der Waals surface area contributed by atoms with Gasteiger partial charge in [-0.25, -0.2) is 4.98 Å². The number of rotatable bonds is 8. The van der Waals surface area contributed by atoms with Crippen molar-refractivity contribution in [3.05, 3.63) is 70.0 Å². The van der Waals surface area contributed by atoms with Gasteiger partial charge in [-0.05, 0) is 31.2 Å². The van der Waals surface area contributed by atoms with Gasteiger partial charge in [-0.2, -0.15) is 0 Å². The van der Waals surface area contributed by atoms with Gasteiger partial charge in [-0.3, -0.25) is 19.7 Å². The molecular formula is C23H24N6O5. The highest BCUT2D eigenvalue weighted by molar-refractivity contribution is 6.09. The van der Waals surface area contributed by atoms with Gasteiger partial charge in [-0.15, -0.1) is 0 Å². The predicted octanol–water partition coefficient (Wildman–Crippen LogP) is 2.76. The predicted molar refractivity (Wildman–Crippen MR) is 125 cm³/mol. The van der Waals surface area contributed by atoms with Crippen LogP contribution in [0.15, 0.2) is 48.7 Å². The molecule has 4 N–H and O–H groups in total. The monoisotopic (exact) mass is 464 g/mol. The number of ketones is 1. The number of amides is 1. The number of nitro groups is 1. The van der Waals surface area contributed by atoms with E-state index in [2.05, 4.69) is 20.6 Å². The number of Topliss-reactive ketones (excluding diaryl/α,β-unsaturated/α-hetero) is 1. The molecule has 11 nitrogen and oxygen atoms in total. The highest BCUT2D eigenvalue weighted by Gasteiger charge is 2.33. The molecule has 3 aromatic rings. The molecule has 0 radical (unpaired) electrons. The van der Waals surface area contributed by atoms with Crippen LogP contribution in [0.4, 0.5) is 17.2 Å². The Morgan fingerprint density at radius 1 is 1.29 bits per heavy atom. The molecule has 0 bridgehead atoms. The van der Waals surface area contributed by atoms with Crippen molar-refractivity contribution in [3.63, 3.8) is 0 Å². The molecule has 0 fully saturated rings. The minimum atomic E-state index is -0.804. The van der Waals surface area contributed by atoms with Crippen LogP contribution in [-0.4, -0.2) is 55.9 Å².